The topological polar surface area (TPSA) is 86.5 Å². The maximum absolute atomic E-state index is 13.5. The second kappa shape index (κ2) is 12.5. The zero-order valence-electron chi connectivity index (χ0n) is 25.5. The number of ether oxygens (including phenoxy) is 1. The van der Waals surface area contributed by atoms with Gasteiger partial charge in [0.15, 0.2) is 0 Å². The van der Waals surface area contributed by atoms with Gasteiger partial charge in [-0.1, -0.05) is 34.1 Å². The summed E-state index contributed by atoms with van der Waals surface area (Å²) in [5.41, 5.74) is 6.65. The highest BCUT2D eigenvalue weighted by atomic mass is 32.2. The highest BCUT2D eigenvalue weighted by Gasteiger charge is 2.61. The third-order valence-electron chi connectivity index (χ3n) is 12.5. The van der Waals surface area contributed by atoms with Gasteiger partial charge < -0.3 is 10.5 Å². The average molecular weight is 562 g/mol. The molecule has 4 aliphatic carbocycles. The van der Waals surface area contributed by atoms with Crippen molar-refractivity contribution in [3.8, 4) is 0 Å². The number of hydrogen-bond donors (Lipinski definition) is 1. The minimum Gasteiger partial charge on any atom is -0.462 e. The Labute approximate surface area is 241 Å². The lowest BCUT2D eigenvalue weighted by molar-refractivity contribution is -0.169. The molecular formula is C33H55NO4S. The van der Waals surface area contributed by atoms with Crippen LogP contribution in [0.25, 0.3) is 0 Å². The molecule has 4 fully saturated rings. The van der Waals surface area contributed by atoms with Gasteiger partial charge in [-0.15, -0.1) is 0 Å². The second-order valence-electron chi connectivity index (χ2n) is 14.3. The maximum Gasteiger partial charge on any atom is 0.309 e. The molecule has 0 aromatic heterocycles. The van der Waals surface area contributed by atoms with Crippen molar-refractivity contribution in [1.82, 2.24) is 0 Å². The van der Waals surface area contributed by atoms with Crippen molar-refractivity contribution < 1.29 is 19.1 Å². The van der Waals surface area contributed by atoms with Crippen molar-refractivity contribution >= 4 is 29.3 Å². The summed E-state index contributed by atoms with van der Waals surface area (Å²) < 4.78 is 6.22. The molecule has 4 rings (SSSR count). The second-order valence-corrected chi connectivity index (χ2v) is 15.3. The van der Waals surface area contributed by atoms with E-state index < -0.39 is 12.0 Å². The van der Waals surface area contributed by atoms with E-state index in [4.69, 9.17) is 10.5 Å². The summed E-state index contributed by atoms with van der Waals surface area (Å²) in [6, 6.07) is -0.495. The Morgan fingerprint density at radius 2 is 1.69 bits per heavy atom. The molecule has 222 valence electrons. The number of carbonyl (C=O) groups is 3. The lowest BCUT2D eigenvalue weighted by Crippen LogP contribution is -2.54. The van der Waals surface area contributed by atoms with E-state index in [-0.39, 0.29) is 41.5 Å². The molecule has 0 heterocycles. The fourth-order valence-electron chi connectivity index (χ4n) is 9.82. The molecule has 0 aliphatic heterocycles. The molecule has 0 bridgehead atoms. The normalized spacial score (nSPS) is 40.0. The van der Waals surface area contributed by atoms with Crippen molar-refractivity contribution in [3.05, 3.63) is 0 Å². The largest absolute Gasteiger partial charge is 0.462 e. The van der Waals surface area contributed by atoms with Gasteiger partial charge in [-0.05, 0) is 124 Å². The zero-order chi connectivity index (χ0) is 28.5. The molecule has 0 saturated heterocycles. The number of rotatable bonds is 11. The molecule has 0 aromatic rings. The molecule has 0 radical (unpaired) electrons. The lowest BCUT2D eigenvalue weighted by atomic mass is 9.44. The minimum atomic E-state index is -0.495. The number of nitrogens with two attached hydrogens (primary N) is 1. The SMILES string of the molecule is CCC(C)[C@H](CC(=O)[C@@H](N)CCSC)C(=O)O[C@@H]1CC[C@@]2(C)[C@@H](CC[C@@H]3[C@@H]2CC[C@]2(C)[C@@H](C(C)=O)CC[C@@H]32)C1. The molecular weight excluding hydrogens is 506 g/mol. The van der Waals surface area contributed by atoms with Crippen LogP contribution in [0.5, 0.6) is 0 Å². The van der Waals surface area contributed by atoms with Gasteiger partial charge in [0.25, 0.3) is 0 Å². The van der Waals surface area contributed by atoms with E-state index in [2.05, 4.69) is 27.7 Å². The predicted octanol–water partition coefficient (Wildman–Crippen LogP) is 6.85. The van der Waals surface area contributed by atoms with Gasteiger partial charge in [-0.3, -0.25) is 14.4 Å². The Morgan fingerprint density at radius 1 is 1.00 bits per heavy atom. The first-order valence-corrected chi connectivity index (χ1v) is 17.3. The molecule has 1 unspecified atom stereocenters. The number of esters is 1. The summed E-state index contributed by atoms with van der Waals surface area (Å²) in [5, 5.41) is 0. The molecule has 5 nitrogen and oxygen atoms in total. The van der Waals surface area contributed by atoms with Crippen molar-refractivity contribution in [2.24, 2.45) is 58.0 Å². The molecule has 0 aromatic carbocycles. The van der Waals surface area contributed by atoms with Gasteiger partial charge in [0.1, 0.15) is 17.7 Å². The molecule has 4 saturated carbocycles. The zero-order valence-corrected chi connectivity index (χ0v) is 26.3. The molecule has 6 heteroatoms. The van der Waals surface area contributed by atoms with E-state index in [1.54, 1.807) is 11.8 Å². The van der Waals surface area contributed by atoms with E-state index in [0.717, 1.165) is 49.7 Å². The Bertz CT molecular complexity index is 908. The van der Waals surface area contributed by atoms with Crippen molar-refractivity contribution in [3.63, 3.8) is 0 Å². The van der Waals surface area contributed by atoms with Crippen LogP contribution < -0.4 is 5.73 Å². The fraction of sp³-hybridized carbons (Fsp3) is 0.909. The Hall–Kier alpha value is -0.880. The number of thioether (sulfide) groups is 1. The van der Waals surface area contributed by atoms with Crippen LogP contribution in [0, 0.1) is 52.3 Å². The molecule has 11 atom stereocenters. The Morgan fingerprint density at radius 3 is 2.36 bits per heavy atom. The first-order valence-electron chi connectivity index (χ1n) is 15.9. The number of Topliss-reactive ketones (excluding diaryl/α,β-unsaturated/α-hetero) is 2. The van der Waals surface area contributed by atoms with E-state index in [1.807, 2.05) is 13.2 Å². The molecule has 0 spiro atoms. The van der Waals surface area contributed by atoms with Crippen LogP contribution in [0.1, 0.15) is 112 Å². The highest BCUT2D eigenvalue weighted by molar-refractivity contribution is 7.98. The summed E-state index contributed by atoms with van der Waals surface area (Å²) in [7, 11) is 0. The van der Waals surface area contributed by atoms with E-state index in [0.29, 0.717) is 29.5 Å². The Kier molecular flexibility index (Phi) is 10.00. The van der Waals surface area contributed by atoms with Gasteiger partial charge >= 0.3 is 5.97 Å². The monoisotopic (exact) mass is 561 g/mol. The van der Waals surface area contributed by atoms with Crippen LogP contribution in [0.2, 0.25) is 0 Å². The lowest BCUT2D eigenvalue weighted by Gasteiger charge is -2.61. The summed E-state index contributed by atoms with van der Waals surface area (Å²) >= 11 is 1.69. The maximum atomic E-state index is 13.5. The minimum absolute atomic E-state index is 0.0101. The summed E-state index contributed by atoms with van der Waals surface area (Å²) in [6.07, 6.45) is 13.9. The standard InChI is InChI=1S/C33H55NO4S/c1-7-20(2)25(19-30(36)29(34)14-17-39-6)31(37)38-23-12-15-32(4)22(18-23)8-9-24-27-11-10-26(21(3)35)33(27,5)16-13-28(24)32/h20,22-29H,7-19,34H2,1-6H3/t20?,22-,23+,24-,25-,26+,27-,28-,29-,32-,33+/m0/s1. The van der Waals surface area contributed by atoms with Gasteiger partial charge in [0, 0.05) is 12.3 Å². The fourth-order valence-corrected chi connectivity index (χ4v) is 10.3. The van der Waals surface area contributed by atoms with E-state index in [9.17, 15) is 14.4 Å². The number of ketones is 2. The van der Waals surface area contributed by atoms with Crippen LogP contribution >= 0.6 is 11.8 Å². The molecule has 39 heavy (non-hydrogen) atoms. The van der Waals surface area contributed by atoms with Crippen LogP contribution in [-0.2, 0) is 19.1 Å². The van der Waals surface area contributed by atoms with E-state index >= 15 is 0 Å². The quantitative estimate of drug-likeness (QED) is 0.278. The van der Waals surface area contributed by atoms with Crippen LogP contribution in [0.15, 0.2) is 0 Å². The van der Waals surface area contributed by atoms with Crippen LogP contribution in [0.3, 0.4) is 0 Å². The summed E-state index contributed by atoms with van der Waals surface area (Å²) in [4.78, 5) is 38.7. The predicted molar refractivity (Wildman–Crippen MR) is 159 cm³/mol. The molecule has 0 amide bonds. The third kappa shape index (κ3) is 6.03. The highest BCUT2D eigenvalue weighted by Crippen LogP contribution is 2.67. The van der Waals surface area contributed by atoms with Gasteiger partial charge in [-0.2, -0.15) is 11.8 Å². The third-order valence-corrected chi connectivity index (χ3v) is 13.1. The number of hydrogen-bond acceptors (Lipinski definition) is 6. The van der Waals surface area contributed by atoms with Crippen molar-refractivity contribution in [1.29, 1.82) is 0 Å². The van der Waals surface area contributed by atoms with Crippen molar-refractivity contribution in [2.75, 3.05) is 12.0 Å². The smallest absolute Gasteiger partial charge is 0.309 e. The van der Waals surface area contributed by atoms with Crippen LogP contribution in [-0.4, -0.2) is 41.7 Å². The first-order chi connectivity index (χ1) is 18.5. The van der Waals surface area contributed by atoms with Gasteiger partial charge in [-0.25, -0.2) is 0 Å². The summed E-state index contributed by atoms with van der Waals surface area (Å²) in [6.45, 7) is 10.9. The van der Waals surface area contributed by atoms with Gasteiger partial charge in [0.05, 0.1) is 12.0 Å². The first kappa shape index (κ1) is 31.1. The Balaban J connectivity index is 1.38. The summed E-state index contributed by atoms with van der Waals surface area (Å²) in [5.74, 6) is 3.75. The van der Waals surface area contributed by atoms with Crippen molar-refractivity contribution in [2.45, 2.75) is 124 Å². The molecule has 4 aliphatic rings. The number of fused-ring (bicyclic) bond motifs is 5. The number of carbonyl (C=O) groups excluding carboxylic acids is 3. The van der Waals surface area contributed by atoms with E-state index in [1.165, 1.54) is 32.1 Å². The molecule has 2 N–H and O–H groups in total. The average Bonchev–Trinajstić information content (AvgIpc) is 3.27. The van der Waals surface area contributed by atoms with Crippen LogP contribution in [0.4, 0.5) is 0 Å². The van der Waals surface area contributed by atoms with Gasteiger partial charge in [0.2, 0.25) is 0 Å².